The lowest BCUT2D eigenvalue weighted by atomic mass is 10.0. The summed E-state index contributed by atoms with van der Waals surface area (Å²) in [5.74, 6) is -1.32. The minimum Gasteiger partial charge on any atom is -0.480 e. The van der Waals surface area contributed by atoms with Crippen molar-refractivity contribution in [2.75, 3.05) is 6.54 Å². The first-order valence-corrected chi connectivity index (χ1v) is 7.58. The summed E-state index contributed by atoms with van der Waals surface area (Å²) in [6, 6.07) is 2.45. The van der Waals surface area contributed by atoms with Crippen LogP contribution in [0.4, 0.5) is 0 Å². The van der Waals surface area contributed by atoms with E-state index in [1.807, 2.05) is 13.8 Å². The third kappa shape index (κ3) is 2.91. The van der Waals surface area contributed by atoms with Gasteiger partial charge in [0.25, 0.3) is 11.5 Å². The Kier molecular flexibility index (Phi) is 4.68. The lowest BCUT2D eigenvalue weighted by molar-refractivity contribution is -0.143. The molecule has 0 unspecified atom stereocenters. The van der Waals surface area contributed by atoms with Crippen LogP contribution in [0.2, 0.25) is 0 Å². The highest BCUT2D eigenvalue weighted by atomic mass is 16.4. The molecule has 22 heavy (non-hydrogen) atoms. The molecule has 0 spiro atoms. The molecule has 0 aliphatic carbocycles. The number of piperidine rings is 1. The fourth-order valence-corrected chi connectivity index (χ4v) is 2.98. The van der Waals surface area contributed by atoms with E-state index in [9.17, 15) is 19.5 Å². The first-order valence-electron chi connectivity index (χ1n) is 7.58. The van der Waals surface area contributed by atoms with Gasteiger partial charge in [0.15, 0.2) is 0 Å². The summed E-state index contributed by atoms with van der Waals surface area (Å²) in [4.78, 5) is 37.7. The van der Waals surface area contributed by atoms with E-state index in [4.69, 9.17) is 0 Å². The Balaban J connectivity index is 2.39. The highest BCUT2D eigenvalue weighted by Gasteiger charge is 2.33. The third-order valence-electron chi connectivity index (χ3n) is 4.21. The second-order valence-electron chi connectivity index (χ2n) is 6.04. The van der Waals surface area contributed by atoms with Gasteiger partial charge in [-0.3, -0.25) is 9.59 Å². The van der Waals surface area contributed by atoms with E-state index in [0.29, 0.717) is 13.0 Å². The van der Waals surface area contributed by atoms with Gasteiger partial charge in [-0.05, 0) is 37.3 Å². The van der Waals surface area contributed by atoms with E-state index >= 15 is 0 Å². The molecule has 1 saturated heterocycles. The SMILES string of the molecule is CC(C)c1ccc(C(=O)N2CCCC[C@@H]2C(=O)O)c(=O)n1C. The van der Waals surface area contributed by atoms with Crippen LogP contribution in [0.1, 0.15) is 55.1 Å². The summed E-state index contributed by atoms with van der Waals surface area (Å²) < 4.78 is 1.47. The molecule has 1 aromatic heterocycles. The molecule has 1 atom stereocenters. The van der Waals surface area contributed by atoms with Crippen LogP contribution in [0.25, 0.3) is 0 Å². The third-order valence-corrected chi connectivity index (χ3v) is 4.21. The van der Waals surface area contributed by atoms with Crippen molar-refractivity contribution in [2.45, 2.75) is 45.1 Å². The van der Waals surface area contributed by atoms with Gasteiger partial charge in [-0.2, -0.15) is 0 Å². The van der Waals surface area contributed by atoms with Gasteiger partial charge < -0.3 is 14.6 Å². The minimum atomic E-state index is -1.01. The fraction of sp³-hybridized carbons (Fsp3) is 0.562. The van der Waals surface area contributed by atoms with Gasteiger partial charge in [-0.25, -0.2) is 4.79 Å². The zero-order chi connectivity index (χ0) is 16.4. The lowest BCUT2D eigenvalue weighted by Gasteiger charge is -2.32. The van der Waals surface area contributed by atoms with Gasteiger partial charge >= 0.3 is 5.97 Å². The molecule has 120 valence electrons. The fourth-order valence-electron chi connectivity index (χ4n) is 2.98. The van der Waals surface area contributed by atoms with E-state index in [-0.39, 0.29) is 17.0 Å². The highest BCUT2D eigenvalue weighted by molar-refractivity contribution is 5.96. The standard InChI is InChI=1S/C16H22N2O4/c1-10(2)12-8-7-11(14(19)17(12)3)15(20)18-9-5-4-6-13(18)16(21)22/h7-8,10,13H,4-6,9H2,1-3H3,(H,21,22)/t13-/m1/s1. The molecule has 1 N–H and O–H groups in total. The van der Waals surface area contributed by atoms with E-state index in [1.165, 1.54) is 15.5 Å². The number of amides is 1. The van der Waals surface area contributed by atoms with Crippen molar-refractivity contribution in [1.82, 2.24) is 9.47 Å². The van der Waals surface area contributed by atoms with Crippen molar-refractivity contribution in [3.8, 4) is 0 Å². The Labute approximate surface area is 129 Å². The summed E-state index contributed by atoms with van der Waals surface area (Å²) in [6.07, 6.45) is 1.98. The predicted octanol–water partition coefficient (Wildman–Crippen LogP) is 1.59. The Morgan fingerprint density at radius 3 is 2.55 bits per heavy atom. The molecule has 2 heterocycles. The van der Waals surface area contributed by atoms with Gasteiger partial charge in [-0.1, -0.05) is 13.8 Å². The van der Waals surface area contributed by atoms with Crippen LogP contribution < -0.4 is 5.56 Å². The zero-order valence-corrected chi connectivity index (χ0v) is 13.2. The molecule has 0 aromatic carbocycles. The largest absolute Gasteiger partial charge is 0.480 e. The van der Waals surface area contributed by atoms with Crippen LogP contribution in [0.5, 0.6) is 0 Å². The van der Waals surface area contributed by atoms with Crippen molar-refractivity contribution in [1.29, 1.82) is 0 Å². The number of nitrogens with zero attached hydrogens (tertiary/aromatic N) is 2. The Morgan fingerprint density at radius 2 is 1.95 bits per heavy atom. The summed E-state index contributed by atoms with van der Waals surface area (Å²) in [7, 11) is 1.64. The smallest absolute Gasteiger partial charge is 0.326 e. The second kappa shape index (κ2) is 6.34. The lowest BCUT2D eigenvalue weighted by Crippen LogP contribution is -2.49. The summed E-state index contributed by atoms with van der Waals surface area (Å²) in [5.41, 5.74) is 0.515. The highest BCUT2D eigenvalue weighted by Crippen LogP contribution is 2.20. The number of carboxylic acid groups (broad SMARTS) is 1. The van der Waals surface area contributed by atoms with Crippen LogP contribution in [0, 0.1) is 0 Å². The first-order chi connectivity index (χ1) is 10.3. The van der Waals surface area contributed by atoms with Gasteiger partial charge in [0.2, 0.25) is 0 Å². The van der Waals surface area contributed by atoms with Gasteiger partial charge in [0.05, 0.1) is 0 Å². The number of carbonyl (C=O) groups excluding carboxylic acids is 1. The van der Waals surface area contributed by atoms with Crippen LogP contribution >= 0.6 is 0 Å². The average Bonchev–Trinajstić information content (AvgIpc) is 2.48. The quantitative estimate of drug-likeness (QED) is 0.919. The van der Waals surface area contributed by atoms with Crippen molar-refractivity contribution in [2.24, 2.45) is 7.05 Å². The van der Waals surface area contributed by atoms with Gasteiger partial charge in [0, 0.05) is 19.3 Å². The molecular formula is C16H22N2O4. The first kappa shape index (κ1) is 16.3. The summed E-state index contributed by atoms with van der Waals surface area (Å²) in [6.45, 7) is 4.33. The molecule has 1 fully saturated rings. The molecule has 0 saturated carbocycles. The van der Waals surface area contributed by atoms with Crippen molar-refractivity contribution < 1.29 is 14.7 Å². The molecule has 1 amide bonds. The number of hydrogen-bond donors (Lipinski definition) is 1. The van der Waals surface area contributed by atoms with E-state index in [0.717, 1.165) is 18.5 Å². The molecule has 1 aliphatic heterocycles. The molecule has 6 nitrogen and oxygen atoms in total. The number of likely N-dealkylation sites (tertiary alicyclic amines) is 1. The Bertz CT molecular complexity index is 648. The van der Waals surface area contributed by atoms with Crippen LogP contribution in [-0.2, 0) is 11.8 Å². The molecule has 0 radical (unpaired) electrons. The van der Waals surface area contributed by atoms with E-state index in [1.54, 1.807) is 13.1 Å². The number of aliphatic carboxylic acids is 1. The van der Waals surface area contributed by atoms with Crippen molar-refractivity contribution in [3.63, 3.8) is 0 Å². The number of rotatable bonds is 3. The maximum atomic E-state index is 12.6. The normalized spacial score (nSPS) is 18.5. The van der Waals surface area contributed by atoms with Crippen molar-refractivity contribution >= 4 is 11.9 Å². The molecular weight excluding hydrogens is 284 g/mol. The summed E-state index contributed by atoms with van der Waals surface area (Å²) in [5, 5.41) is 9.27. The number of aromatic nitrogens is 1. The Morgan fingerprint density at radius 1 is 1.27 bits per heavy atom. The molecule has 1 aliphatic rings. The topological polar surface area (TPSA) is 79.6 Å². The van der Waals surface area contributed by atoms with Gasteiger partial charge in [-0.15, -0.1) is 0 Å². The van der Waals surface area contributed by atoms with Crippen molar-refractivity contribution in [3.05, 3.63) is 33.7 Å². The van der Waals surface area contributed by atoms with Crippen LogP contribution in [0.15, 0.2) is 16.9 Å². The second-order valence-corrected chi connectivity index (χ2v) is 6.04. The summed E-state index contributed by atoms with van der Waals surface area (Å²) >= 11 is 0. The van der Waals surface area contributed by atoms with Crippen LogP contribution in [0.3, 0.4) is 0 Å². The monoisotopic (exact) mass is 306 g/mol. The number of hydrogen-bond acceptors (Lipinski definition) is 3. The Hall–Kier alpha value is -2.11. The minimum absolute atomic E-state index is 0.0417. The molecule has 1 aromatic rings. The van der Waals surface area contributed by atoms with E-state index in [2.05, 4.69) is 0 Å². The molecule has 0 bridgehead atoms. The van der Waals surface area contributed by atoms with Crippen LogP contribution in [-0.4, -0.2) is 39.0 Å². The number of carboxylic acids is 1. The molecule has 2 rings (SSSR count). The predicted molar refractivity (Wildman–Crippen MR) is 82.1 cm³/mol. The number of pyridine rings is 1. The van der Waals surface area contributed by atoms with E-state index < -0.39 is 17.9 Å². The van der Waals surface area contributed by atoms with Gasteiger partial charge in [0.1, 0.15) is 11.6 Å². The molecule has 6 heteroatoms. The maximum Gasteiger partial charge on any atom is 0.326 e. The zero-order valence-electron chi connectivity index (χ0n) is 13.2. The average molecular weight is 306 g/mol. The number of carbonyl (C=O) groups is 2. The maximum absolute atomic E-state index is 12.6.